The fourth-order valence-corrected chi connectivity index (χ4v) is 3.70. The molecule has 130 valence electrons. The van der Waals surface area contributed by atoms with E-state index in [9.17, 15) is 0 Å². The highest BCUT2D eigenvalue weighted by atomic mass is 16.5. The lowest BCUT2D eigenvalue weighted by atomic mass is 9.88. The van der Waals surface area contributed by atoms with Gasteiger partial charge in [0.2, 0.25) is 0 Å². The predicted octanol–water partition coefficient (Wildman–Crippen LogP) is 5.93. The van der Waals surface area contributed by atoms with Crippen molar-refractivity contribution in [1.82, 2.24) is 0 Å². The van der Waals surface area contributed by atoms with Gasteiger partial charge in [-0.2, -0.15) is 0 Å². The van der Waals surface area contributed by atoms with Crippen LogP contribution in [0.1, 0.15) is 48.1 Å². The number of aliphatic imine (C=N–C) groups is 1. The van der Waals surface area contributed by atoms with Gasteiger partial charge in [-0.05, 0) is 24.1 Å². The van der Waals surface area contributed by atoms with Crippen molar-refractivity contribution in [2.75, 3.05) is 0 Å². The minimum atomic E-state index is 0.0641. The molecule has 0 bridgehead atoms. The van der Waals surface area contributed by atoms with Crippen LogP contribution in [0.3, 0.4) is 0 Å². The summed E-state index contributed by atoms with van der Waals surface area (Å²) in [6.45, 7) is 5.05. The van der Waals surface area contributed by atoms with Crippen LogP contribution in [0.2, 0.25) is 0 Å². The first-order chi connectivity index (χ1) is 12.7. The minimum absolute atomic E-state index is 0.0641. The van der Waals surface area contributed by atoms with Crippen molar-refractivity contribution in [3.8, 4) is 5.75 Å². The smallest absolute Gasteiger partial charge is 0.130 e. The van der Waals surface area contributed by atoms with Crippen LogP contribution in [-0.4, -0.2) is 5.71 Å². The predicted molar refractivity (Wildman–Crippen MR) is 107 cm³/mol. The fraction of sp³-hybridized carbons (Fsp3) is 0.208. The highest BCUT2D eigenvalue weighted by molar-refractivity contribution is 6.01. The van der Waals surface area contributed by atoms with Crippen molar-refractivity contribution in [3.05, 3.63) is 101 Å². The standard InChI is InChI=1S/C24H23NO/c1-17-23-21(18(2)25-16-19-10-5-3-6-11-19)14-9-15-22(23)26-24(17)20-12-7-4-8-13-20/h3-15,17,24H,16H2,1-2H3/t17-,24+/m1/s1. The Labute approximate surface area is 155 Å². The Balaban J connectivity index is 1.64. The molecule has 0 aromatic heterocycles. The topological polar surface area (TPSA) is 21.6 Å². The van der Waals surface area contributed by atoms with E-state index >= 15 is 0 Å². The van der Waals surface area contributed by atoms with Gasteiger partial charge in [0, 0.05) is 22.8 Å². The molecule has 2 atom stereocenters. The molecule has 0 amide bonds. The zero-order valence-electron chi connectivity index (χ0n) is 15.2. The van der Waals surface area contributed by atoms with Crippen LogP contribution >= 0.6 is 0 Å². The molecule has 0 saturated heterocycles. The van der Waals surface area contributed by atoms with E-state index in [1.165, 1.54) is 22.3 Å². The van der Waals surface area contributed by atoms with Crippen LogP contribution < -0.4 is 4.74 Å². The molecule has 4 rings (SSSR count). The second kappa shape index (κ2) is 7.17. The number of rotatable bonds is 4. The highest BCUT2D eigenvalue weighted by Crippen LogP contribution is 2.47. The molecule has 26 heavy (non-hydrogen) atoms. The molecule has 1 aliphatic heterocycles. The van der Waals surface area contributed by atoms with Crippen LogP contribution in [0.5, 0.6) is 5.75 Å². The molecule has 0 unspecified atom stereocenters. The Kier molecular flexibility index (Phi) is 4.57. The van der Waals surface area contributed by atoms with Crippen molar-refractivity contribution in [3.63, 3.8) is 0 Å². The SMILES string of the molecule is CC(=NCc1ccccc1)c1cccc2c1[C@@H](C)[C@@H](c1ccccc1)O2. The van der Waals surface area contributed by atoms with Crippen LogP contribution in [0.15, 0.2) is 83.9 Å². The van der Waals surface area contributed by atoms with Crippen LogP contribution in [0, 0.1) is 0 Å². The summed E-state index contributed by atoms with van der Waals surface area (Å²) < 4.78 is 6.30. The minimum Gasteiger partial charge on any atom is -0.485 e. The highest BCUT2D eigenvalue weighted by Gasteiger charge is 2.34. The maximum absolute atomic E-state index is 6.30. The first-order valence-corrected chi connectivity index (χ1v) is 9.14. The van der Waals surface area contributed by atoms with Gasteiger partial charge in [0.25, 0.3) is 0 Å². The Morgan fingerprint density at radius 3 is 2.31 bits per heavy atom. The third-order valence-corrected chi connectivity index (χ3v) is 5.09. The Morgan fingerprint density at radius 2 is 1.58 bits per heavy atom. The van der Waals surface area contributed by atoms with Crippen molar-refractivity contribution < 1.29 is 4.74 Å². The van der Waals surface area contributed by atoms with Gasteiger partial charge in [-0.25, -0.2) is 0 Å². The molecule has 0 aliphatic carbocycles. The van der Waals surface area contributed by atoms with Gasteiger partial charge in [0.1, 0.15) is 11.9 Å². The van der Waals surface area contributed by atoms with Crippen molar-refractivity contribution in [2.24, 2.45) is 4.99 Å². The third kappa shape index (κ3) is 3.15. The summed E-state index contributed by atoms with van der Waals surface area (Å²) in [4.78, 5) is 4.84. The molecule has 0 radical (unpaired) electrons. The lowest BCUT2D eigenvalue weighted by molar-refractivity contribution is 0.216. The number of nitrogens with zero attached hydrogens (tertiary/aromatic N) is 1. The zero-order valence-corrected chi connectivity index (χ0v) is 15.2. The summed E-state index contributed by atoms with van der Waals surface area (Å²) >= 11 is 0. The van der Waals surface area contributed by atoms with Crippen molar-refractivity contribution in [2.45, 2.75) is 32.4 Å². The van der Waals surface area contributed by atoms with Crippen molar-refractivity contribution >= 4 is 5.71 Å². The molecule has 0 spiro atoms. The second-order valence-electron chi connectivity index (χ2n) is 6.84. The third-order valence-electron chi connectivity index (χ3n) is 5.09. The van der Waals surface area contributed by atoms with Gasteiger partial charge >= 0.3 is 0 Å². The summed E-state index contributed by atoms with van der Waals surface area (Å²) in [5.74, 6) is 1.28. The zero-order chi connectivity index (χ0) is 17.9. The van der Waals surface area contributed by atoms with Gasteiger partial charge in [-0.1, -0.05) is 79.7 Å². The molecular formula is C24H23NO. The van der Waals surface area contributed by atoms with Crippen molar-refractivity contribution in [1.29, 1.82) is 0 Å². The molecule has 2 heteroatoms. The Morgan fingerprint density at radius 1 is 0.885 bits per heavy atom. The lowest BCUT2D eigenvalue weighted by Crippen LogP contribution is -2.08. The average molecular weight is 341 g/mol. The summed E-state index contributed by atoms with van der Waals surface area (Å²) in [6.07, 6.45) is 0.0641. The summed E-state index contributed by atoms with van der Waals surface area (Å²) in [5.41, 5.74) is 5.99. The maximum atomic E-state index is 6.30. The molecule has 1 aliphatic rings. The van der Waals surface area contributed by atoms with Gasteiger partial charge < -0.3 is 4.74 Å². The van der Waals surface area contributed by atoms with E-state index < -0.39 is 0 Å². The number of fused-ring (bicyclic) bond motifs is 1. The van der Waals surface area contributed by atoms with E-state index in [4.69, 9.17) is 9.73 Å². The molecular weight excluding hydrogens is 318 g/mol. The Bertz CT molecular complexity index is 915. The molecule has 0 saturated carbocycles. The molecule has 0 N–H and O–H groups in total. The van der Waals surface area contributed by atoms with Gasteiger partial charge in [-0.3, -0.25) is 4.99 Å². The van der Waals surface area contributed by atoms with Gasteiger partial charge in [-0.15, -0.1) is 0 Å². The van der Waals surface area contributed by atoms with Gasteiger partial charge in [0.05, 0.1) is 6.54 Å². The van der Waals surface area contributed by atoms with E-state index in [1.807, 2.05) is 12.1 Å². The van der Waals surface area contributed by atoms with E-state index in [0.717, 1.165) is 11.5 Å². The average Bonchev–Trinajstić information content (AvgIpc) is 3.04. The first-order valence-electron chi connectivity index (χ1n) is 9.14. The fourth-order valence-electron chi connectivity index (χ4n) is 3.70. The summed E-state index contributed by atoms with van der Waals surface area (Å²) in [6, 6.07) is 27.1. The number of hydrogen-bond acceptors (Lipinski definition) is 2. The first kappa shape index (κ1) is 16.6. The molecule has 2 nitrogen and oxygen atoms in total. The largest absolute Gasteiger partial charge is 0.485 e. The van der Waals surface area contributed by atoms with Crippen LogP contribution in [-0.2, 0) is 6.54 Å². The van der Waals surface area contributed by atoms with E-state index in [-0.39, 0.29) is 6.10 Å². The molecule has 1 heterocycles. The molecule has 3 aromatic carbocycles. The number of hydrogen-bond donors (Lipinski definition) is 0. The van der Waals surface area contributed by atoms with Crippen LogP contribution in [0.4, 0.5) is 0 Å². The number of benzene rings is 3. The molecule has 0 fully saturated rings. The quantitative estimate of drug-likeness (QED) is 0.539. The van der Waals surface area contributed by atoms with Crippen LogP contribution in [0.25, 0.3) is 0 Å². The maximum Gasteiger partial charge on any atom is 0.130 e. The normalized spacial score (nSPS) is 19.1. The number of ether oxygens (including phenoxy) is 1. The second-order valence-corrected chi connectivity index (χ2v) is 6.84. The summed E-state index contributed by atoms with van der Waals surface area (Å²) in [5, 5.41) is 0. The lowest BCUT2D eigenvalue weighted by Gasteiger charge is -2.16. The Hall–Kier alpha value is -2.87. The van der Waals surface area contributed by atoms with E-state index in [1.54, 1.807) is 0 Å². The monoisotopic (exact) mass is 341 g/mol. The van der Waals surface area contributed by atoms with Gasteiger partial charge in [0.15, 0.2) is 0 Å². The summed E-state index contributed by atoms with van der Waals surface area (Å²) in [7, 11) is 0. The molecule has 3 aromatic rings. The van der Waals surface area contributed by atoms with E-state index in [0.29, 0.717) is 12.5 Å². The van der Waals surface area contributed by atoms with E-state index in [2.05, 4.69) is 80.6 Å².